The maximum atomic E-state index is 13.4. The van der Waals surface area contributed by atoms with Crippen molar-refractivity contribution in [1.29, 1.82) is 0 Å². The van der Waals surface area contributed by atoms with Gasteiger partial charge in [0, 0.05) is 24.4 Å². The lowest BCUT2D eigenvalue weighted by Crippen LogP contribution is -2.23. The summed E-state index contributed by atoms with van der Waals surface area (Å²) >= 11 is 0. The molecule has 1 amide bonds. The zero-order chi connectivity index (χ0) is 15.2. The van der Waals surface area contributed by atoms with Crippen molar-refractivity contribution < 1.29 is 9.18 Å². The highest BCUT2D eigenvalue weighted by atomic mass is 19.1. The molecular weight excluding hydrogens is 267 g/mol. The van der Waals surface area contributed by atoms with Gasteiger partial charge in [-0.1, -0.05) is 18.2 Å². The Morgan fingerprint density at radius 1 is 1.19 bits per heavy atom. The molecule has 0 fully saturated rings. The third-order valence-electron chi connectivity index (χ3n) is 3.21. The maximum absolute atomic E-state index is 13.4. The Morgan fingerprint density at radius 3 is 2.52 bits per heavy atom. The van der Waals surface area contributed by atoms with E-state index in [1.807, 2.05) is 26.0 Å². The first kappa shape index (κ1) is 15.2. The van der Waals surface area contributed by atoms with E-state index in [0.29, 0.717) is 18.5 Å². The minimum absolute atomic E-state index is 0.0784. The zero-order valence-electron chi connectivity index (χ0n) is 12.3. The van der Waals surface area contributed by atoms with Gasteiger partial charge in [-0.15, -0.1) is 0 Å². The molecule has 0 spiro atoms. The number of hydrogen-bond donors (Lipinski definition) is 1. The molecule has 1 N–H and O–H groups in total. The van der Waals surface area contributed by atoms with E-state index in [2.05, 4.69) is 10.3 Å². The van der Waals surface area contributed by atoms with Gasteiger partial charge in [-0.2, -0.15) is 0 Å². The van der Waals surface area contributed by atoms with Crippen molar-refractivity contribution in [3.05, 3.63) is 64.7 Å². The first-order valence-corrected chi connectivity index (χ1v) is 6.99. The van der Waals surface area contributed by atoms with Gasteiger partial charge in [0.1, 0.15) is 5.82 Å². The van der Waals surface area contributed by atoms with Crippen LogP contribution in [0.25, 0.3) is 0 Å². The lowest BCUT2D eigenvalue weighted by atomic mass is 10.1. The summed E-state index contributed by atoms with van der Waals surface area (Å²) in [4.78, 5) is 16.1. The largest absolute Gasteiger partial charge is 0.352 e. The van der Waals surface area contributed by atoms with Crippen LogP contribution in [0.1, 0.15) is 28.9 Å². The predicted octanol–water partition coefficient (Wildman–Crippen LogP) is 3.09. The Kier molecular flexibility index (Phi) is 5.04. The van der Waals surface area contributed by atoms with Crippen LogP contribution in [-0.2, 0) is 17.8 Å². The summed E-state index contributed by atoms with van der Waals surface area (Å²) in [7, 11) is 0. The average Bonchev–Trinajstić information content (AvgIpc) is 2.43. The topological polar surface area (TPSA) is 42.0 Å². The third-order valence-corrected chi connectivity index (χ3v) is 3.21. The summed E-state index contributed by atoms with van der Waals surface area (Å²) in [5.74, 6) is -0.337. The number of carbonyl (C=O) groups excluding carboxylic acids is 1. The van der Waals surface area contributed by atoms with Gasteiger partial charge in [-0.25, -0.2) is 4.39 Å². The number of pyridine rings is 1. The zero-order valence-corrected chi connectivity index (χ0v) is 12.3. The molecule has 0 bridgehead atoms. The van der Waals surface area contributed by atoms with Gasteiger partial charge in [0.05, 0.1) is 0 Å². The molecule has 0 saturated carbocycles. The van der Waals surface area contributed by atoms with E-state index in [-0.39, 0.29) is 18.1 Å². The first-order valence-electron chi connectivity index (χ1n) is 6.99. The van der Waals surface area contributed by atoms with Crippen LogP contribution in [0.2, 0.25) is 0 Å². The Hall–Kier alpha value is -2.23. The minimum Gasteiger partial charge on any atom is -0.352 e. The monoisotopic (exact) mass is 286 g/mol. The molecule has 0 radical (unpaired) electrons. The van der Waals surface area contributed by atoms with Gasteiger partial charge in [0.25, 0.3) is 0 Å². The highest BCUT2D eigenvalue weighted by Crippen LogP contribution is 2.09. The van der Waals surface area contributed by atoms with Gasteiger partial charge in [-0.3, -0.25) is 9.78 Å². The molecule has 1 aromatic carbocycles. The Morgan fingerprint density at radius 2 is 1.86 bits per heavy atom. The number of aryl methyl sites for hydroxylation is 3. The first-order chi connectivity index (χ1) is 10.0. The molecule has 0 unspecified atom stereocenters. The van der Waals surface area contributed by atoms with E-state index in [9.17, 15) is 9.18 Å². The molecule has 2 rings (SSSR count). The number of rotatable bonds is 5. The normalized spacial score (nSPS) is 10.4. The van der Waals surface area contributed by atoms with Crippen LogP contribution in [0.4, 0.5) is 4.39 Å². The second-order valence-corrected chi connectivity index (χ2v) is 5.13. The maximum Gasteiger partial charge on any atom is 0.220 e. The summed E-state index contributed by atoms with van der Waals surface area (Å²) in [6, 6.07) is 10.4. The van der Waals surface area contributed by atoms with Gasteiger partial charge in [-0.05, 0) is 49.6 Å². The van der Waals surface area contributed by atoms with Crippen molar-refractivity contribution in [1.82, 2.24) is 10.3 Å². The average molecular weight is 286 g/mol. The second kappa shape index (κ2) is 6.97. The van der Waals surface area contributed by atoms with Crippen LogP contribution < -0.4 is 5.32 Å². The quantitative estimate of drug-likeness (QED) is 0.917. The van der Waals surface area contributed by atoms with Crippen LogP contribution in [0.5, 0.6) is 0 Å². The number of aromatic nitrogens is 1. The molecule has 0 aliphatic heterocycles. The molecule has 110 valence electrons. The molecule has 4 heteroatoms. The van der Waals surface area contributed by atoms with E-state index < -0.39 is 0 Å². The fraction of sp³-hybridized carbons (Fsp3) is 0.294. The summed E-state index contributed by atoms with van der Waals surface area (Å²) in [6.45, 7) is 4.33. The SMILES string of the molecule is Cc1cc(CNC(=O)CCc2ccccc2F)cc(C)n1. The van der Waals surface area contributed by atoms with Crippen LogP contribution in [0.3, 0.4) is 0 Å². The van der Waals surface area contributed by atoms with E-state index >= 15 is 0 Å². The molecule has 1 heterocycles. The van der Waals surface area contributed by atoms with E-state index in [1.165, 1.54) is 6.07 Å². The number of benzene rings is 1. The van der Waals surface area contributed by atoms with E-state index in [1.54, 1.807) is 18.2 Å². The fourth-order valence-electron chi connectivity index (χ4n) is 2.26. The Labute approximate surface area is 124 Å². The standard InChI is InChI=1S/C17H19FN2O/c1-12-9-14(10-13(2)20-12)11-19-17(21)8-7-15-5-3-4-6-16(15)18/h3-6,9-10H,7-8,11H2,1-2H3,(H,19,21). The molecule has 3 nitrogen and oxygen atoms in total. The van der Waals surface area contributed by atoms with E-state index in [0.717, 1.165) is 17.0 Å². The predicted molar refractivity (Wildman–Crippen MR) is 80.3 cm³/mol. The third kappa shape index (κ3) is 4.67. The molecule has 21 heavy (non-hydrogen) atoms. The number of halogens is 1. The van der Waals surface area contributed by atoms with Crippen molar-refractivity contribution >= 4 is 5.91 Å². The lowest BCUT2D eigenvalue weighted by molar-refractivity contribution is -0.121. The molecule has 0 saturated heterocycles. The van der Waals surface area contributed by atoms with Crippen LogP contribution in [0, 0.1) is 19.7 Å². The van der Waals surface area contributed by atoms with Crippen molar-refractivity contribution in [2.75, 3.05) is 0 Å². The van der Waals surface area contributed by atoms with Crippen molar-refractivity contribution in [2.45, 2.75) is 33.2 Å². The number of hydrogen-bond acceptors (Lipinski definition) is 2. The van der Waals surface area contributed by atoms with Gasteiger partial charge < -0.3 is 5.32 Å². The van der Waals surface area contributed by atoms with Gasteiger partial charge >= 0.3 is 0 Å². The van der Waals surface area contributed by atoms with Gasteiger partial charge in [0.2, 0.25) is 5.91 Å². The molecule has 0 atom stereocenters. The summed E-state index contributed by atoms with van der Waals surface area (Å²) in [5.41, 5.74) is 3.47. The molecule has 0 aliphatic rings. The minimum atomic E-state index is -0.259. The smallest absolute Gasteiger partial charge is 0.220 e. The number of carbonyl (C=O) groups is 1. The second-order valence-electron chi connectivity index (χ2n) is 5.13. The van der Waals surface area contributed by atoms with Crippen molar-refractivity contribution in [2.24, 2.45) is 0 Å². The molecule has 1 aromatic heterocycles. The van der Waals surface area contributed by atoms with Crippen molar-refractivity contribution in [3.8, 4) is 0 Å². The fourth-order valence-corrected chi connectivity index (χ4v) is 2.26. The van der Waals surface area contributed by atoms with E-state index in [4.69, 9.17) is 0 Å². The Bertz CT molecular complexity index is 620. The van der Waals surface area contributed by atoms with Gasteiger partial charge in [0.15, 0.2) is 0 Å². The lowest BCUT2D eigenvalue weighted by Gasteiger charge is -2.07. The number of nitrogens with one attached hydrogen (secondary N) is 1. The molecule has 0 aliphatic carbocycles. The molecular formula is C17H19FN2O. The van der Waals surface area contributed by atoms with Crippen molar-refractivity contribution in [3.63, 3.8) is 0 Å². The summed E-state index contributed by atoms with van der Waals surface area (Å²) in [6.07, 6.45) is 0.691. The number of amides is 1. The van der Waals surface area contributed by atoms with Crippen LogP contribution in [0.15, 0.2) is 36.4 Å². The molecule has 2 aromatic rings. The highest BCUT2D eigenvalue weighted by molar-refractivity contribution is 5.76. The Balaban J connectivity index is 1.84. The summed E-state index contributed by atoms with van der Waals surface area (Å²) in [5, 5.41) is 2.85. The highest BCUT2D eigenvalue weighted by Gasteiger charge is 2.06. The summed E-state index contributed by atoms with van der Waals surface area (Å²) < 4.78 is 13.4. The van der Waals surface area contributed by atoms with Crippen LogP contribution >= 0.6 is 0 Å². The number of nitrogens with zero attached hydrogens (tertiary/aromatic N) is 1. The van der Waals surface area contributed by atoms with Crippen LogP contribution in [-0.4, -0.2) is 10.9 Å².